The van der Waals surface area contributed by atoms with Gasteiger partial charge in [0.15, 0.2) is 0 Å². The highest BCUT2D eigenvalue weighted by Gasteiger charge is 2.05. The standard InChI is InChI=1S/C16H21NO/c1-12(2)17(3)11-13-5-6-15-10-16(18-4)8-7-14(15)9-13/h5-10,12H,11H2,1-4H3. The van der Waals surface area contributed by atoms with Crippen LogP contribution in [0.25, 0.3) is 10.8 Å². The first-order valence-electron chi connectivity index (χ1n) is 6.37. The summed E-state index contributed by atoms with van der Waals surface area (Å²) in [5.74, 6) is 0.912. The minimum Gasteiger partial charge on any atom is -0.497 e. The van der Waals surface area contributed by atoms with E-state index in [1.807, 2.05) is 6.07 Å². The van der Waals surface area contributed by atoms with Gasteiger partial charge < -0.3 is 4.74 Å². The van der Waals surface area contributed by atoms with E-state index in [2.05, 4.69) is 56.1 Å². The highest BCUT2D eigenvalue weighted by atomic mass is 16.5. The second kappa shape index (κ2) is 5.40. The summed E-state index contributed by atoms with van der Waals surface area (Å²) in [6.07, 6.45) is 0. The summed E-state index contributed by atoms with van der Waals surface area (Å²) in [7, 11) is 3.86. The molecule has 0 fully saturated rings. The first kappa shape index (κ1) is 12.9. The van der Waals surface area contributed by atoms with Crippen molar-refractivity contribution in [3.63, 3.8) is 0 Å². The number of nitrogens with zero attached hydrogens (tertiary/aromatic N) is 1. The van der Waals surface area contributed by atoms with Gasteiger partial charge in [-0.25, -0.2) is 0 Å². The number of fused-ring (bicyclic) bond motifs is 1. The molecule has 0 unspecified atom stereocenters. The summed E-state index contributed by atoms with van der Waals surface area (Å²) in [6, 6.07) is 13.4. The van der Waals surface area contributed by atoms with Crippen LogP contribution >= 0.6 is 0 Å². The molecule has 0 aliphatic rings. The van der Waals surface area contributed by atoms with E-state index in [1.54, 1.807) is 7.11 Å². The van der Waals surface area contributed by atoms with Crippen LogP contribution in [-0.4, -0.2) is 25.1 Å². The predicted octanol–water partition coefficient (Wildman–Crippen LogP) is 3.69. The Kier molecular flexibility index (Phi) is 3.87. The molecule has 0 amide bonds. The van der Waals surface area contributed by atoms with Gasteiger partial charge in [-0.3, -0.25) is 4.90 Å². The molecule has 0 saturated heterocycles. The van der Waals surface area contributed by atoms with E-state index in [9.17, 15) is 0 Å². The molecule has 2 heteroatoms. The summed E-state index contributed by atoms with van der Waals surface area (Å²) in [6.45, 7) is 5.41. The largest absolute Gasteiger partial charge is 0.497 e. The van der Waals surface area contributed by atoms with Crippen molar-refractivity contribution in [1.29, 1.82) is 0 Å². The molecule has 0 radical (unpaired) electrons. The van der Waals surface area contributed by atoms with Gasteiger partial charge in [0.2, 0.25) is 0 Å². The average molecular weight is 243 g/mol. The topological polar surface area (TPSA) is 12.5 Å². The quantitative estimate of drug-likeness (QED) is 0.812. The summed E-state index contributed by atoms with van der Waals surface area (Å²) in [5, 5.41) is 2.50. The van der Waals surface area contributed by atoms with Crippen molar-refractivity contribution < 1.29 is 4.74 Å². The molecule has 2 aromatic carbocycles. The second-order valence-electron chi connectivity index (χ2n) is 5.06. The van der Waals surface area contributed by atoms with Gasteiger partial charge >= 0.3 is 0 Å². The maximum Gasteiger partial charge on any atom is 0.119 e. The molecule has 2 rings (SSSR count). The molecule has 2 nitrogen and oxygen atoms in total. The molecule has 0 saturated carbocycles. The molecule has 0 aliphatic carbocycles. The SMILES string of the molecule is COc1ccc2cc(CN(C)C(C)C)ccc2c1. The Morgan fingerprint density at radius 2 is 1.72 bits per heavy atom. The highest BCUT2D eigenvalue weighted by Crippen LogP contribution is 2.22. The molecule has 2 aromatic rings. The fourth-order valence-electron chi connectivity index (χ4n) is 1.97. The molecule has 0 aliphatic heterocycles. The Balaban J connectivity index is 2.27. The number of rotatable bonds is 4. The van der Waals surface area contributed by atoms with Gasteiger partial charge in [-0.2, -0.15) is 0 Å². The van der Waals surface area contributed by atoms with E-state index in [0.29, 0.717) is 6.04 Å². The van der Waals surface area contributed by atoms with E-state index in [0.717, 1.165) is 12.3 Å². The number of methoxy groups -OCH3 is 1. The summed E-state index contributed by atoms with van der Waals surface area (Å²) < 4.78 is 5.24. The van der Waals surface area contributed by atoms with Gasteiger partial charge in [0.1, 0.15) is 5.75 Å². The normalized spacial score (nSPS) is 11.4. The zero-order valence-corrected chi connectivity index (χ0v) is 11.6. The van der Waals surface area contributed by atoms with E-state index >= 15 is 0 Å². The van der Waals surface area contributed by atoms with Gasteiger partial charge in [-0.1, -0.05) is 18.2 Å². The molecule has 0 aromatic heterocycles. The third-order valence-corrected chi connectivity index (χ3v) is 3.43. The van der Waals surface area contributed by atoms with Crippen LogP contribution < -0.4 is 4.74 Å². The van der Waals surface area contributed by atoms with Crippen LogP contribution in [0.2, 0.25) is 0 Å². The Bertz CT molecular complexity index is 534. The zero-order chi connectivity index (χ0) is 13.1. The Hall–Kier alpha value is -1.54. The lowest BCUT2D eigenvalue weighted by molar-refractivity contribution is 0.266. The van der Waals surface area contributed by atoms with Crippen molar-refractivity contribution in [2.75, 3.05) is 14.2 Å². The van der Waals surface area contributed by atoms with Crippen LogP contribution in [0.1, 0.15) is 19.4 Å². The van der Waals surface area contributed by atoms with Crippen molar-refractivity contribution in [2.45, 2.75) is 26.4 Å². The van der Waals surface area contributed by atoms with Crippen LogP contribution in [0.3, 0.4) is 0 Å². The Morgan fingerprint density at radius 3 is 2.39 bits per heavy atom. The lowest BCUT2D eigenvalue weighted by atomic mass is 10.1. The summed E-state index contributed by atoms with van der Waals surface area (Å²) in [5.41, 5.74) is 1.35. The zero-order valence-electron chi connectivity index (χ0n) is 11.6. The van der Waals surface area contributed by atoms with Gasteiger partial charge in [0, 0.05) is 12.6 Å². The Morgan fingerprint density at radius 1 is 1.06 bits per heavy atom. The lowest BCUT2D eigenvalue weighted by Gasteiger charge is -2.21. The maximum absolute atomic E-state index is 5.24. The smallest absolute Gasteiger partial charge is 0.119 e. The van der Waals surface area contributed by atoms with Crippen LogP contribution in [0.15, 0.2) is 36.4 Å². The average Bonchev–Trinajstić information content (AvgIpc) is 2.37. The highest BCUT2D eigenvalue weighted by molar-refractivity contribution is 5.84. The van der Waals surface area contributed by atoms with Crippen molar-refractivity contribution >= 4 is 10.8 Å². The van der Waals surface area contributed by atoms with Crippen molar-refractivity contribution in [2.24, 2.45) is 0 Å². The number of ether oxygens (including phenoxy) is 1. The molecule has 0 N–H and O–H groups in total. The van der Waals surface area contributed by atoms with Crippen LogP contribution in [-0.2, 0) is 6.54 Å². The lowest BCUT2D eigenvalue weighted by Crippen LogP contribution is -2.25. The van der Waals surface area contributed by atoms with Crippen molar-refractivity contribution in [1.82, 2.24) is 4.90 Å². The van der Waals surface area contributed by atoms with E-state index < -0.39 is 0 Å². The summed E-state index contributed by atoms with van der Waals surface area (Å²) >= 11 is 0. The molecule has 0 heterocycles. The minimum absolute atomic E-state index is 0.566. The van der Waals surface area contributed by atoms with Crippen molar-refractivity contribution in [3.05, 3.63) is 42.0 Å². The molecule has 96 valence electrons. The third kappa shape index (κ3) is 2.82. The van der Waals surface area contributed by atoms with Gasteiger partial charge in [-0.15, -0.1) is 0 Å². The number of benzene rings is 2. The Labute approximate surface area is 109 Å². The molecular weight excluding hydrogens is 222 g/mol. The van der Waals surface area contributed by atoms with Gasteiger partial charge in [0.05, 0.1) is 7.11 Å². The third-order valence-electron chi connectivity index (χ3n) is 3.43. The molecular formula is C16H21NO. The van der Waals surface area contributed by atoms with E-state index in [4.69, 9.17) is 4.74 Å². The molecule has 0 atom stereocenters. The number of hydrogen-bond acceptors (Lipinski definition) is 2. The molecule has 0 spiro atoms. The van der Waals surface area contributed by atoms with Crippen LogP contribution in [0.4, 0.5) is 0 Å². The molecule has 0 bridgehead atoms. The fraction of sp³-hybridized carbons (Fsp3) is 0.375. The van der Waals surface area contributed by atoms with E-state index in [1.165, 1.54) is 16.3 Å². The first-order chi connectivity index (χ1) is 8.60. The fourth-order valence-corrected chi connectivity index (χ4v) is 1.97. The van der Waals surface area contributed by atoms with Gasteiger partial charge in [-0.05, 0) is 55.4 Å². The first-order valence-corrected chi connectivity index (χ1v) is 6.37. The monoisotopic (exact) mass is 243 g/mol. The molecule has 18 heavy (non-hydrogen) atoms. The maximum atomic E-state index is 5.24. The van der Waals surface area contributed by atoms with Gasteiger partial charge in [0.25, 0.3) is 0 Å². The van der Waals surface area contributed by atoms with Crippen LogP contribution in [0, 0.1) is 0 Å². The van der Waals surface area contributed by atoms with E-state index in [-0.39, 0.29) is 0 Å². The van der Waals surface area contributed by atoms with Crippen molar-refractivity contribution in [3.8, 4) is 5.75 Å². The number of hydrogen-bond donors (Lipinski definition) is 0. The van der Waals surface area contributed by atoms with Crippen LogP contribution in [0.5, 0.6) is 5.75 Å². The predicted molar refractivity (Wildman–Crippen MR) is 77.1 cm³/mol. The second-order valence-corrected chi connectivity index (χ2v) is 5.06. The summed E-state index contributed by atoms with van der Waals surface area (Å²) in [4.78, 5) is 2.34. The minimum atomic E-state index is 0.566.